The van der Waals surface area contributed by atoms with E-state index in [0.29, 0.717) is 25.1 Å². The van der Waals surface area contributed by atoms with E-state index in [1.807, 2.05) is 42.5 Å². The lowest BCUT2D eigenvalue weighted by molar-refractivity contribution is -0.122. The third kappa shape index (κ3) is 2.36. The number of nitrogens with one attached hydrogen (secondary N) is 1. The molecule has 0 unspecified atom stereocenters. The Bertz CT molecular complexity index is 755. The summed E-state index contributed by atoms with van der Waals surface area (Å²) in [6, 6.07) is 9.85. The maximum absolute atomic E-state index is 12.5. The second-order valence-corrected chi connectivity index (χ2v) is 5.91. The van der Waals surface area contributed by atoms with Crippen LogP contribution in [0.2, 0.25) is 0 Å². The molecule has 2 heterocycles. The summed E-state index contributed by atoms with van der Waals surface area (Å²) in [5.41, 5.74) is 1.09. The number of carbonyl (C=O) groups excluding carboxylic acids is 2. The molecule has 1 aliphatic carbocycles. The predicted octanol–water partition coefficient (Wildman–Crippen LogP) is 1.85. The van der Waals surface area contributed by atoms with E-state index >= 15 is 0 Å². The Labute approximate surface area is 133 Å². The van der Waals surface area contributed by atoms with Crippen LogP contribution in [0.1, 0.15) is 24.2 Å². The van der Waals surface area contributed by atoms with Gasteiger partial charge in [0, 0.05) is 6.42 Å². The highest BCUT2D eigenvalue weighted by Crippen LogP contribution is 2.36. The van der Waals surface area contributed by atoms with Crippen LogP contribution >= 0.6 is 0 Å². The predicted molar refractivity (Wildman–Crippen MR) is 83.5 cm³/mol. The van der Waals surface area contributed by atoms with Gasteiger partial charge in [0.05, 0.1) is 11.8 Å². The van der Waals surface area contributed by atoms with Crippen LogP contribution in [0.3, 0.4) is 0 Å². The molecule has 2 aromatic rings. The number of hydrogen-bond acceptors (Lipinski definition) is 4. The van der Waals surface area contributed by atoms with Gasteiger partial charge in [0.25, 0.3) is 5.95 Å². The number of nitrogens with zero attached hydrogens (tertiary/aromatic N) is 3. The molecule has 0 radical (unpaired) electrons. The van der Waals surface area contributed by atoms with Crippen LogP contribution in [-0.2, 0) is 16.0 Å². The number of carbonyl (C=O) groups is 2. The van der Waals surface area contributed by atoms with Crippen LogP contribution in [0.4, 0.5) is 5.95 Å². The average molecular weight is 308 g/mol. The first-order valence-electron chi connectivity index (χ1n) is 7.72. The largest absolute Gasteiger partial charge is 0.274 e. The molecule has 6 heteroatoms. The van der Waals surface area contributed by atoms with Crippen LogP contribution in [0, 0.1) is 11.8 Å². The van der Waals surface area contributed by atoms with E-state index < -0.39 is 0 Å². The fourth-order valence-electron chi connectivity index (χ4n) is 3.25. The first-order chi connectivity index (χ1) is 11.2. The molecule has 4 rings (SSSR count). The minimum atomic E-state index is -0.261. The number of amides is 2. The number of H-pyrrole nitrogens is 1. The van der Waals surface area contributed by atoms with Crippen molar-refractivity contribution in [2.24, 2.45) is 11.8 Å². The maximum Gasteiger partial charge on any atom is 0.258 e. The lowest BCUT2D eigenvalue weighted by atomic mass is 9.85. The van der Waals surface area contributed by atoms with Crippen LogP contribution in [0.25, 0.3) is 0 Å². The molecule has 1 aliphatic heterocycles. The Morgan fingerprint density at radius 2 is 1.70 bits per heavy atom. The highest BCUT2D eigenvalue weighted by atomic mass is 16.2. The van der Waals surface area contributed by atoms with Gasteiger partial charge in [-0.3, -0.25) is 14.7 Å². The van der Waals surface area contributed by atoms with E-state index in [1.54, 1.807) is 0 Å². The Morgan fingerprint density at radius 3 is 2.35 bits per heavy atom. The lowest BCUT2D eigenvalue weighted by Gasteiger charge is -2.14. The number of fused-ring (bicyclic) bond motifs is 1. The SMILES string of the molecule is O=C1[C@H]2CC=CC[C@H]2C(=O)N1c1n[nH]c(Cc2ccccc2)n1. The Balaban J connectivity index is 1.57. The van der Waals surface area contributed by atoms with Gasteiger partial charge in [0.1, 0.15) is 5.82 Å². The second kappa shape index (κ2) is 5.46. The Hall–Kier alpha value is -2.76. The van der Waals surface area contributed by atoms with Gasteiger partial charge in [-0.2, -0.15) is 4.98 Å². The number of anilines is 1. The Morgan fingerprint density at radius 1 is 1.04 bits per heavy atom. The van der Waals surface area contributed by atoms with Crippen LogP contribution < -0.4 is 4.90 Å². The van der Waals surface area contributed by atoms with Crippen LogP contribution in [0.15, 0.2) is 42.5 Å². The van der Waals surface area contributed by atoms with Gasteiger partial charge in [-0.25, -0.2) is 4.90 Å². The van der Waals surface area contributed by atoms with Crippen molar-refractivity contribution in [3.63, 3.8) is 0 Å². The number of aromatic nitrogens is 3. The van der Waals surface area contributed by atoms with Gasteiger partial charge >= 0.3 is 0 Å². The third-order valence-corrected chi connectivity index (χ3v) is 4.44. The summed E-state index contributed by atoms with van der Waals surface area (Å²) in [6.45, 7) is 0. The van der Waals surface area contributed by atoms with Crippen molar-refractivity contribution in [3.05, 3.63) is 53.9 Å². The summed E-state index contributed by atoms with van der Waals surface area (Å²) in [4.78, 5) is 30.5. The molecule has 6 nitrogen and oxygen atoms in total. The van der Waals surface area contributed by atoms with Crippen LogP contribution in [0.5, 0.6) is 0 Å². The summed E-state index contributed by atoms with van der Waals surface area (Å²) >= 11 is 0. The van der Waals surface area contributed by atoms with E-state index in [1.165, 1.54) is 0 Å². The minimum Gasteiger partial charge on any atom is -0.274 e. The van der Waals surface area contributed by atoms with Crippen molar-refractivity contribution in [2.45, 2.75) is 19.3 Å². The topological polar surface area (TPSA) is 79.0 Å². The lowest BCUT2D eigenvalue weighted by Crippen LogP contribution is -2.31. The minimum absolute atomic E-state index is 0.167. The highest BCUT2D eigenvalue weighted by Gasteiger charge is 2.49. The van der Waals surface area contributed by atoms with Gasteiger partial charge in [-0.1, -0.05) is 42.5 Å². The molecule has 0 spiro atoms. The molecule has 0 bridgehead atoms. The van der Waals surface area contributed by atoms with Crippen molar-refractivity contribution in [1.82, 2.24) is 15.2 Å². The first kappa shape index (κ1) is 13.9. The highest BCUT2D eigenvalue weighted by molar-refractivity contribution is 6.21. The van der Waals surface area contributed by atoms with Gasteiger partial charge in [0.15, 0.2) is 0 Å². The van der Waals surface area contributed by atoms with E-state index in [4.69, 9.17) is 0 Å². The van der Waals surface area contributed by atoms with Crippen molar-refractivity contribution in [2.75, 3.05) is 4.90 Å². The molecule has 1 N–H and O–H groups in total. The normalized spacial score (nSPS) is 23.4. The zero-order valence-electron chi connectivity index (χ0n) is 12.5. The first-order valence-corrected chi connectivity index (χ1v) is 7.72. The number of hydrogen-bond donors (Lipinski definition) is 1. The maximum atomic E-state index is 12.5. The van der Waals surface area contributed by atoms with Gasteiger partial charge < -0.3 is 0 Å². The molecule has 2 atom stereocenters. The van der Waals surface area contributed by atoms with E-state index in [-0.39, 0.29) is 29.6 Å². The molecular weight excluding hydrogens is 292 g/mol. The average Bonchev–Trinajstić information content (AvgIpc) is 3.12. The molecular formula is C17H16N4O2. The molecule has 1 aromatic heterocycles. The van der Waals surface area contributed by atoms with Gasteiger partial charge in [-0.05, 0) is 18.4 Å². The van der Waals surface area contributed by atoms with Crippen LogP contribution in [-0.4, -0.2) is 27.0 Å². The number of rotatable bonds is 3. The molecule has 1 saturated heterocycles. The van der Waals surface area contributed by atoms with Gasteiger partial charge in [0.2, 0.25) is 11.8 Å². The number of imide groups is 1. The Kier molecular flexibility index (Phi) is 3.29. The van der Waals surface area contributed by atoms with Crippen molar-refractivity contribution < 1.29 is 9.59 Å². The summed E-state index contributed by atoms with van der Waals surface area (Å²) in [5.74, 6) is -0.0866. The summed E-state index contributed by atoms with van der Waals surface area (Å²) < 4.78 is 0. The smallest absolute Gasteiger partial charge is 0.258 e. The molecule has 1 aromatic carbocycles. The zero-order valence-corrected chi connectivity index (χ0v) is 12.5. The number of allylic oxidation sites excluding steroid dienone is 2. The monoisotopic (exact) mass is 308 g/mol. The molecule has 23 heavy (non-hydrogen) atoms. The molecule has 116 valence electrons. The summed E-state index contributed by atoms with van der Waals surface area (Å²) in [5, 5.41) is 6.91. The van der Waals surface area contributed by atoms with E-state index in [9.17, 15) is 9.59 Å². The van der Waals surface area contributed by atoms with E-state index in [2.05, 4.69) is 15.2 Å². The fourth-order valence-corrected chi connectivity index (χ4v) is 3.25. The standard InChI is InChI=1S/C17H16N4O2/c22-15-12-8-4-5-9-13(12)16(23)21(15)17-18-14(19-20-17)10-11-6-2-1-3-7-11/h1-7,12-13H,8-10H2,(H,18,19,20)/t12-,13+. The molecule has 2 aliphatic rings. The van der Waals surface area contributed by atoms with Crippen molar-refractivity contribution in [3.8, 4) is 0 Å². The molecule has 0 saturated carbocycles. The zero-order chi connectivity index (χ0) is 15.8. The van der Waals surface area contributed by atoms with Gasteiger partial charge in [-0.15, -0.1) is 5.10 Å². The number of aromatic amines is 1. The second-order valence-electron chi connectivity index (χ2n) is 5.91. The summed E-state index contributed by atoms with van der Waals surface area (Å²) in [6.07, 6.45) is 5.75. The third-order valence-electron chi connectivity index (χ3n) is 4.44. The van der Waals surface area contributed by atoms with E-state index in [0.717, 1.165) is 10.5 Å². The molecule has 1 fully saturated rings. The van der Waals surface area contributed by atoms with Crippen molar-refractivity contribution in [1.29, 1.82) is 0 Å². The fraction of sp³-hybridized carbons (Fsp3) is 0.294. The molecule has 2 amide bonds. The van der Waals surface area contributed by atoms with Crippen molar-refractivity contribution >= 4 is 17.8 Å². The quantitative estimate of drug-likeness (QED) is 0.693. The summed E-state index contributed by atoms with van der Waals surface area (Å²) in [7, 11) is 0. The number of benzene rings is 1.